The first kappa shape index (κ1) is 15.6. The number of carbonyl (C=O) groups is 1. The third-order valence-electron chi connectivity index (χ3n) is 4.96. The van der Waals surface area contributed by atoms with Gasteiger partial charge in [-0.2, -0.15) is 0 Å². The van der Waals surface area contributed by atoms with Gasteiger partial charge in [0.05, 0.1) is 5.92 Å². The maximum absolute atomic E-state index is 13.6. The van der Waals surface area contributed by atoms with E-state index in [0.717, 1.165) is 23.2 Å². The minimum Gasteiger partial charge on any atom is -0.308 e. The van der Waals surface area contributed by atoms with Gasteiger partial charge in [-0.05, 0) is 36.1 Å². The molecule has 0 aliphatic carbocycles. The van der Waals surface area contributed by atoms with Crippen LogP contribution in [-0.4, -0.2) is 11.9 Å². The summed E-state index contributed by atoms with van der Waals surface area (Å²) < 4.78 is 0. The van der Waals surface area contributed by atoms with Gasteiger partial charge in [0.15, 0.2) is 0 Å². The quantitative estimate of drug-likeness (QED) is 0.677. The first-order valence-electron chi connectivity index (χ1n) is 8.76. The highest BCUT2D eigenvalue weighted by molar-refractivity contribution is 6.02. The summed E-state index contributed by atoms with van der Waals surface area (Å²) in [5, 5.41) is 0. The first-order valence-corrected chi connectivity index (χ1v) is 8.76. The van der Waals surface area contributed by atoms with Crippen LogP contribution in [0.3, 0.4) is 0 Å². The molecule has 0 N–H and O–H groups in total. The summed E-state index contributed by atoms with van der Waals surface area (Å²) in [6.45, 7) is 2.13. The molecule has 2 nitrogen and oxygen atoms in total. The van der Waals surface area contributed by atoms with E-state index in [1.807, 2.05) is 77.7 Å². The molecular formula is C23H21NO. The Labute approximate surface area is 148 Å². The molecular weight excluding hydrogens is 306 g/mol. The van der Waals surface area contributed by atoms with E-state index in [1.54, 1.807) is 0 Å². The van der Waals surface area contributed by atoms with E-state index in [2.05, 4.69) is 19.1 Å². The van der Waals surface area contributed by atoms with E-state index in [9.17, 15) is 4.79 Å². The van der Waals surface area contributed by atoms with Crippen LogP contribution >= 0.6 is 0 Å². The lowest BCUT2D eigenvalue weighted by Crippen LogP contribution is -2.39. The number of fused-ring (bicyclic) bond motifs is 1. The summed E-state index contributed by atoms with van der Waals surface area (Å²) in [6, 6.07) is 28.6. The second-order valence-corrected chi connectivity index (χ2v) is 6.64. The highest BCUT2D eigenvalue weighted by Crippen LogP contribution is 2.36. The molecule has 0 saturated heterocycles. The number of benzene rings is 3. The summed E-state index contributed by atoms with van der Waals surface area (Å²) in [7, 11) is 0. The van der Waals surface area contributed by atoms with E-state index in [0.29, 0.717) is 0 Å². The van der Waals surface area contributed by atoms with Gasteiger partial charge in [0, 0.05) is 11.7 Å². The number of nitrogens with zero attached hydrogens (tertiary/aromatic N) is 1. The third kappa shape index (κ3) is 2.85. The number of amides is 1. The minimum atomic E-state index is -0.281. The van der Waals surface area contributed by atoms with Crippen molar-refractivity contribution in [2.75, 3.05) is 4.90 Å². The Morgan fingerprint density at radius 1 is 0.840 bits per heavy atom. The number of hydrogen-bond acceptors (Lipinski definition) is 1. The van der Waals surface area contributed by atoms with Gasteiger partial charge >= 0.3 is 0 Å². The van der Waals surface area contributed by atoms with E-state index in [1.165, 1.54) is 5.56 Å². The smallest absolute Gasteiger partial charge is 0.239 e. The largest absolute Gasteiger partial charge is 0.308 e. The highest BCUT2D eigenvalue weighted by Gasteiger charge is 2.35. The molecule has 1 aliphatic rings. The molecule has 0 aromatic heterocycles. The molecule has 0 fully saturated rings. The summed E-state index contributed by atoms with van der Waals surface area (Å²) >= 11 is 0. The predicted octanol–water partition coefficient (Wildman–Crippen LogP) is 4.80. The van der Waals surface area contributed by atoms with Gasteiger partial charge < -0.3 is 4.90 Å². The van der Waals surface area contributed by atoms with Crippen LogP contribution in [0, 0.1) is 0 Å². The molecule has 25 heavy (non-hydrogen) atoms. The summed E-state index contributed by atoms with van der Waals surface area (Å²) in [6.07, 6.45) is 0.915. The predicted molar refractivity (Wildman–Crippen MR) is 102 cm³/mol. The van der Waals surface area contributed by atoms with E-state index >= 15 is 0 Å². The number of para-hydroxylation sites is 1. The van der Waals surface area contributed by atoms with Crippen molar-refractivity contribution in [1.29, 1.82) is 0 Å². The Bertz CT molecular complexity index is 833. The molecule has 2 heteroatoms. The van der Waals surface area contributed by atoms with Crippen molar-refractivity contribution in [1.82, 2.24) is 0 Å². The Morgan fingerprint density at radius 3 is 1.96 bits per heavy atom. The van der Waals surface area contributed by atoms with Crippen LogP contribution in [0.25, 0.3) is 0 Å². The van der Waals surface area contributed by atoms with Crippen molar-refractivity contribution < 1.29 is 4.79 Å². The van der Waals surface area contributed by atoms with E-state index in [-0.39, 0.29) is 17.9 Å². The Hall–Kier alpha value is -2.87. The lowest BCUT2D eigenvalue weighted by atomic mass is 9.89. The Balaban J connectivity index is 1.79. The number of anilines is 1. The zero-order chi connectivity index (χ0) is 17.2. The monoisotopic (exact) mass is 327 g/mol. The van der Waals surface area contributed by atoms with Gasteiger partial charge in [0.1, 0.15) is 0 Å². The van der Waals surface area contributed by atoms with Gasteiger partial charge in [-0.25, -0.2) is 0 Å². The lowest BCUT2D eigenvalue weighted by molar-refractivity contribution is -0.119. The lowest BCUT2D eigenvalue weighted by Gasteiger charge is -2.28. The van der Waals surface area contributed by atoms with Crippen LogP contribution in [0.15, 0.2) is 84.9 Å². The number of carbonyl (C=O) groups excluding carboxylic acids is 1. The molecule has 0 unspecified atom stereocenters. The van der Waals surface area contributed by atoms with Gasteiger partial charge in [0.25, 0.3) is 0 Å². The van der Waals surface area contributed by atoms with Crippen molar-refractivity contribution in [3.05, 3.63) is 102 Å². The molecule has 124 valence electrons. The molecule has 0 spiro atoms. The fourth-order valence-corrected chi connectivity index (χ4v) is 3.81. The second kappa shape index (κ2) is 6.56. The fraction of sp³-hybridized carbons (Fsp3) is 0.174. The second-order valence-electron chi connectivity index (χ2n) is 6.64. The van der Waals surface area contributed by atoms with Gasteiger partial charge in [-0.3, -0.25) is 4.79 Å². The fourth-order valence-electron chi connectivity index (χ4n) is 3.81. The number of hydrogen-bond donors (Lipinski definition) is 0. The van der Waals surface area contributed by atoms with Crippen LogP contribution in [0.1, 0.15) is 29.5 Å². The van der Waals surface area contributed by atoms with Crippen LogP contribution in [0.4, 0.5) is 5.69 Å². The third-order valence-corrected chi connectivity index (χ3v) is 4.96. The van der Waals surface area contributed by atoms with Crippen LogP contribution in [0.5, 0.6) is 0 Å². The highest BCUT2D eigenvalue weighted by atomic mass is 16.2. The van der Waals surface area contributed by atoms with Crippen molar-refractivity contribution in [2.45, 2.75) is 25.3 Å². The molecule has 3 aromatic rings. The van der Waals surface area contributed by atoms with Crippen LogP contribution < -0.4 is 4.90 Å². The van der Waals surface area contributed by atoms with Gasteiger partial charge in [-0.1, -0.05) is 78.9 Å². The molecule has 1 aliphatic heterocycles. The van der Waals surface area contributed by atoms with E-state index < -0.39 is 0 Å². The first-order chi connectivity index (χ1) is 12.3. The Kier molecular flexibility index (Phi) is 4.10. The normalized spacial score (nSPS) is 16.1. The maximum Gasteiger partial charge on any atom is 0.239 e. The summed E-state index contributed by atoms with van der Waals surface area (Å²) in [4.78, 5) is 15.6. The molecule has 3 aromatic carbocycles. The molecule has 0 radical (unpaired) electrons. The topological polar surface area (TPSA) is 20.3 Å². The molecule has 4 rings (SSSR count). The average Bonchev–Trinajstić information content (AvgIpc) is 2.99. The average molecular weight is 327 g/mol. The maximum atomic E-state index is 13.6. The molecule has 0 saturated carbocycles. The van der Waals surface area contributed by atoms with Crippen LogP contribution in [-0.2, 0) is 11.2 Å². The van der Waals surface area contributed by atoms with Crippen molar-refractivity contribution in [2.24, 2.45) is 0 Å². The van der Waals surface area contributed by atoms with Crippen molar-refractivity contribution in [3.8, 4) is 0 Å². The SMILES string of the molecule is C[C@H]1Cc2ccccc2N1C(=O)C(c1ccccc1)c1ccccc1. The molecule has 1 atom stereocenters. The van der Waals surface area contributed by atoms with Gasteiger partial charge in [-0.15, -0.1) is 0 Å². The van der Waals surface area contributed by atoms with Crippen molar-refractivity contribution >= 4 is 11.6 Å². The van der Waals surface area contributed by atoms with Gasteiger partial charge in [0.2, 0.25) is 5.91 Å². The molecule has 0 bridgehead atoms. The number of rotatable bonds is 3. The molecule has 1 heterocycles. The van der Waals surface area contributed by atoms with Crippen molar-refractivity contribution in [3.63, 3.8) is 0 Å². The van der Waals surface area contributed by atoms with Crippen LogP contribution in [0.2, 0.25) is 0 Å². The standard InChI is InChI=1S/C23H21NO/c1-17-16-20-14-8-9-15-21(20)24(17)23(25)22(18-10-4-2-5-11-18)19-12-6-3-7-13-19/h2-15,17,22H,16H2,1H3/t17-/m0/s1. The Morgan fingerprint density at radius 2 is 1.36 bits per heavy atom. The molecule has 1 amide bonds. The van der Waals surface area contributed by atoms with E-state index in [4.69, 9.17) is 0 Å². The summed E-state index contributed by atoms with van der Waals surface area (Å²) in [5.74, 6) is -0.133. The zero-order valence-corrected chi connectivity index (χ0v) is 14.3. The zero-order valence-electron chi connectivity index (χ0n) is 14.3. The minimum absolute atomic E-state index is 0.148. The summed E-state index contributed by atoms with van der Waals surface area (Å²) in [5.41, 5.74) is 4.38.